The Bertz CT molecular complexity index is 197. The molecule has 1 rings (SSSR count). The van der Waals surface area contributed by atoms with E-state index in [-0.39, 0.29) is 6.23 Å². The number of aromatic nitrogens is 1. The third-order valence-electron chi connectivity index (χ3n) is 1.51. The molecule has 0 aliphatic carbocycles. The van der Waals surface area contributed by atoms with Crippen molar-refractivity contribution in [2.75, 3.05) is 14.2 Å². The molecule has 1 heterocycles. The molecule has 0 amide bonds. The van der Waals surface area contributed by atoms with Gasteiger partial charge in [-0.2, -0.15) is 0 Å². The van der Waals surface area contributed by atoms with Gasteiger partial charge in [0.15, 0.2) is 0 Å². The molecule has 1 N–H and O–H groups in total. The molecule has 0 radical (unpaired) electrons. The lowest BCUT2D eigenvalue weighted by Gasteiger charge is -2.13. The molecule has 3 heteroatoms. The summed E-state index contributed by atoms with van der Waals surface area (Å²) in [6.07, 6.45) is 3.47. The highest BCUT2D eigenvalue weighted by Crippen LogP contribution is 2.10. The fourth-order valence-corrected chi connectivity index (χ4v) is 0.959. The van der Waals surface area contributed by atoms with Crippen LogP contribution in [0.1, 0.15) is 11.8 Å². The van der Waals surface area contributed by atoms with Crippen LogP contribution in [-0.4, -0.2) is 19.1 Å². The summed E-state index contributed by atoms with van der Waals surface area (Å²) in [5.74, 6) is 0. The summed E-state index contributed by atoms with van der Waals surface area (Å²) in [6, 6.07) is 3.84. The molecule has 11 heavy (non-hydrogen) atoms. The van der Waals surface area contributed by atoms with E-state index in [4.69, 9.17) is 4.74 Å². The minimum Gasteiger partial charge on any atom is -0.362 e. The van der Waals surface area contributed by atoms with E-state index in [9.17, 15) is 0 Å². The van der Waals surface area contributed by atoms with Gasteiger partial charge in [-0.1, -0.05) is 0 Å². The highest BCUT2D eigenvalue weighted by Gasteiger charge is 2.04. The fourth-order valence-electron chi connectivity index (χ4n) is 0.959. The summed E-state index contributed by atoms with van der Waals surface area (Å²) in [7, 11) is 3.52. The van der Waals surface area contributed by atoms with Crippen LogP contribution in [0, 0.1) is 0 Å². The van der Waals surface area contributed by atoms with Crippen molar-refractivity contribution < 1.29 is 4.74 Å². The Morgan fingerprint density at radius 3 is 2.55 bits per heavy atom. The van der Waals surface area contributed by atoms with Gasteiger partial charge in [0.1, 0.15) is 6.23 Å². The molecule has 0 fully saturated rings. The number of hydrogen-bond donors (Lipinski definition) is 1. The quantitative estimate of drug-likeness (QED) is 0.655. The van der Waals surface area contributed by atoms with Gasteiger partial charge >= 0.3 is 0 Å². The lowest BCUT2D eigenvalue weighted by molar-refractivity contribution is 0.0808. The Balaban J connectivity index is 2.74. The minimum absolute atomic E-state index is 0.0296. The number of methoxy groups -OCH3 is 1. The highest BCUT2D eigenvalue weighted by molar-refractivity contribution is 5.12. The van der Waals surface area contributed by atoms with E-state index in [0.29, 0.717) is 0 Å². The van der Waals surface area contributed by atoms with E-state index < -0.39 is 0 Å². The maximum Gasteiger partial charge on any atom is 0.133 e. The summed E-state index contributed by atoms with van der Waals surface area (Å²) in [5, 5.41) is 3.02. The average molecular weight is 152 g/mol. The smallest absolute Gasteiger partial charge is 0.133 e. The average Bonchev–Trinajstić information content (AvgIpc) is 2.09. The summed E-state index contributed by atoms with van der Waals surface area (Å²) in [5.41, 5.74) is 1.09. The number of rotatable bonds is 3. The molecule has 0 bridgehead atoms. The van der Waals surface area contributed by atoms with Crippen LogP contribution in [0.3, 0.4) is 0 Å². The van der Waals surface area contributed by atoms with Gasteiger partial charge in [-0.25, -0.2) is 0 Å². The largest absolute Gasteiger partial charge is 0.362 e. The molecule has 1 atom stereocenters. The van der Waals surface area contributed by atoms with Gasteiger partial charge in [-0.05, 0) is 24.7 Å². The molecule has 1 aromatic heterocycles. The number of nitrogens with one attached hydrogen (secondary N) is 1. The summed E-state index contributed by atoms with van der Waals surface area (Å²) < 4.78 is 5.15. The Labute approximate surface area is 66.4 Å². The van der Waals surface area contributed by atoms with E-state index in [1.165, 1.54) is 0 Å². The lowest BCUT2D eigenvalue weighted by atomic mass is 10.2. The van der Waals surface area contributed by atoms with Crippen molar-refractivity contribution >= 4 is 0 Å². The predicted octanol–water partition coefficient (Wildman–Crippen LogP) is 0.946. The van der Waals surface area contributed by atoms with Crippen molar-refractivity contribution in [1.82, 2.24) is 10.3 Å². The van der Waals surface area contributed by atoms with E-state index in [0.717, 1.165) is 5.56 Å². The van der Waals surface area contributed by atoms with Crippen molar-refractivity contribution in [2.24, 2.45) is 0 Å². The first-order valence-electron chi connectivity index (χ1n) is 3.48. The number of nitrogens with zero attached hydrogens (tertiary/aromatic N) is 1. The summed E-state index contributed by atoms with van der Waals surface area (Å²) >= 11 is 0. The van der Waals surface area contributed by atoms with E-state index in [1.807, 2.05) is 19.2 Å². The zero-order valence-electron chi connectivity index (χ0n) is 6.74. The first-order valence-corrected chi connectivity index (χ1v) is 3.48. The molecule has 3 nitrogen and oxygen atoms in total. The van der Waals surface area contributed by atoms with Crippen LogP contribution in [0.15, 0.2) is 24.5 Å². The predicted molar refractivity (Wildman–Crippen MR) is 43.0 cm³/mol. The number of pyridine rings is 1. The molecule has 0 aliphatic heterocycles. The lowest BCUT2D eigenvalue weighted by Crippen LogP contribution is -2.17. The molecule has 0 spiro atoms. The zero-order valence-corrected chi connectivity index (χ0v) is 6.74. The van der Waals surface area contributed by atoms with E-state index in [1.54, 1.807) is 19.5 Å². The Morgan fingerprint density at radius 1 is 1.45 bits per heavy atom. The van der Waals surface area contributed by atoms with Crippen LogP contribution in [0.4, 0.5) is 0 Å². The van der Waals surface area contributed by atoms with Crippen LogP contribution < -0.4 is 5.32 Å². The van der Waals surface area contributed by atoms with Crippen LogP contribution in [0.2, 0.25) is 0 Å². The summed E-state index contributed by atoms with van der Waals surface area (Å²) in [4.78, 5) is 3.91. The van der Waals surface area contributed by atoms with Crippen molar-refractivity contribution in [3.8, 4) is 0 Å². The monoisotopic (exact) mass is 152 g/mol. The molecule has 0 saturated carbocycles. The van der Waals surface area contributed by atoms with Crippen LogP contribution in [0.25, 0.3) is 0 Å². The van der Waals surface area contributed by atoms with Gasteiger partial charge in [0.25, 0.3) is 0 Å². The van der Waals surface area contributed by atoms with Crippen molar-refractivity contribution in [1.29, 1.82) is 0 Å². The SMILES string of the molecule is CNC(OC)c1ccncc1. The topological polar surface area (TPSA) is 34.1 Å². The van der Waals surface area contributed by atoms with Crippen molar-refractivity contribution in [3.05, 3.63) is 30.1 Å². The Morgan fingerprint density at radius 2 is 2.09 bits per heavy atom. The normalized spacial score (nSPS) is 12.9. The Kier molecular flexibility index (Phi) is 3.01. The van der Waals surface area contributed by atoms with Crippen LogP contribution >= 0.6 is 0 Å². The second-order valence-corrected chi connectivity index (χ2v) is 2.18. The standard InChI is InChI=1S/C8H12N2O/c1-9-8(11-2)7-3-5-10-6-4-7/h3-6,8-9H,1-2H3. The third kappa shape index (κ3) is 2.00. The van der Waals surface area contributed by atoms with Gasteiger partial charge in [0, 0.05) is 19.5 Å². The zero-order chi connectivity index (χ0) is 8.10. The minimum atomic E-state index is -0.0296. The summed E-state index contributed by atoms with van der Waals surface area (Å²) in [6.45, 7) is 0. The molecule has 1 unspecified atom stereocenters. The van der Waals surface area contributed by atoms with Gasteiger partial charge in [-0.3, -0.25) is 10.3 Å². The van der Waals surface area contributed by atoms with Crippen LogP contribution in [-0.2, 0) is 4.74 Å². The second-order valence-electron chi connectivity index (χ2n) is 2.18. The van der Waals surface area contributed by atoms with E-state index in [2.05, 4.69) is 10.3 Å². The molecular weight excluding hydrogens is 140 g/mol. The van der Waals surface area contributed by atoms with Gasteiger partial charge in [0.05, 0.1) is 0 Å². The first-order chi connectivity index (χ1) is 5.38. The number of hydrogen-bond acceptors (Lipinski definition) is 3. The first kappa shape index (κ1) is 8.17. The Hall–Kier alpha value is -0.930. The van der Waals surface area contributed by atoms with Gasteiger partial charge < -0.3 is 4.74 Å². The highest BCUT2D eigenvalue weighted by atomic mass is 16.5. The molecule has 60 valence electrons. The molecular formula is C8H12N2O. The fraction of sp³-hybridized carbons (Fsp3) is 0.375. The van der Waals surface area contributed by atoms with Crippen molar-refractivity contribution in [2.45, 2.75) is 6.23 Å². The van der Waals surface area contributed by atoms with Crippen molar-refractivity contribution in [3.63, 3.8) is 0 Å². The number of ether oxygens (including phenoxy) is 1. The van der Waals surface area contributed by atoms with Gasteiger partial charge in [0.2, 0.25) is 0 Å². The third-order valence-corrected chi connectivity index (χ3v) is 1.51. The maximum atomic E-state index is 5.15. The van der Waals surface area contributed by atoms with Gasteiger partial charge in [-0.15, -0.1) is 0 Å². The van der Waals surface area contributed by atoms with Crippen LogP contribution in [0.5, 0.6) is 0 Å². The molecule has 0 aromatic carbocycles. The molecule has 0 aliphatic rings. The molecule has 0 saturated heterocycles. The molecule has 1 aromatic rings. The maximum absolute atomic E-state index is 5.15. The second kappa shape index (κ2) is 4.05. The van der Waals surface area contributed by atoms with E-state index >= 15 is 0 Å².